The first-order chi connectivity index (χ1) is 22.2. The van der Waals surface area contributed by atoms with Gasteiger partial charge in [0.05, 0.1) is 18.9 Å². The number of likely N-dealkylation sites (tertiary alicyclic amines) is 2. The van der Waals surface area contributed by atoms with Crippen molar-refractivity contribution in [2.45, 2.75) is 64.6 Å². The topological polar surface area (TPSA) is 134 Å². The maximum atomic E-state index is 13.3. The van der Waals surface area contributed by atoms with Crippen molar-refractivity contribution in [3.63, 3.8) is 0 Å². The fraction of sp³-hybridized carbons (Fsp3) is 0.500. The van der Waals surface area contributed by atoms with E-state index in [1.165, 1.54) is 0 Å². The van der Waals surface area contributed by atoms with Crippen LogP contribution in [-0.4, -0.2) is 78.5 Å². The van der Waals surface area contributed by atoms with E-state index in [1.54, 1.807) is 41.0 Å². The van der Waals surface area contributed by atoms with Crippen LogP contribution in [0.2, 0.25) is 5.02 Å². The van der Waals surface area contributed by atoms with E-state index in [0.717, 1.165) is 24.8 Å². The predicted molar refractivity (Wildman–Crippen MR) is 172 cm³/mol. The Morgan fingerprint density at radius 1 is 0.891 bits per heavy atom. The summed E-state index contributed by atoms with van der Waals surface area (Å²) < 4.78 is 10.5. The number of rotatable bonds is 12. The van der Waals surface area contributed by atoms with Crippen molar-refractivity contribution in [3.05, 3.63) is 70.7 Å². The Labute approximate surface area is 274 Å². The average Bonchev–Trinajstić information content (AvgIpc) is 3.07. The summed E-state index contributed by atoms with van der Waals surface area (Å²) in [6, 6.07) is 15.8. The van der Waals surface area contributed by atoms with Gasteiger partial charge in [-0.2, -0.15) is 0 Å². The lowest BCUT2D eigenvalue weighted by atomic mass is 9.91. The van der Waals surface area contributed by atoms with E-state index in [9.17, 15) is 24.0 Å². The second kappa shape index (κ2) is 17.5. The van der Waals surface area contributed by atoms with Gasteiger partial charge in [0, 0.05) is 43.2 Å². The number of nitrogens with one attached hydrogen (secondary N) is 2. The zero-order chi connectivity index (χ0) is 32.9. The van der Waals surface area contributed by atoms with Crippen LogP contribution in [0, 0.1) is 11.8 Å². The smallest absolute Gasteiger partial charge is 0.410 e. The van der Waals surface area contributed by atoms with Gasteiger partial charge in [-0.05, 0) is 74.8 Å². The SMILES string of the molecule is CCOC(=O)C[C@H](NC(=O)c1ccc(Cl)cc1)NC(=O)[C@@H]1CCCN(C(=O)CCC2CCN(C(=O)OCc3ccccc3)CC2)C1. The van der Waals surface area contributed by atoms with E-state index in [2.05, 4.69) is 10.6 Å². The molecule has 2 saturated heterocycles. The quantitative estimate of drug-likeness (QED) is 0.254. The molecule has 2 aromatic carbocycles. The van der Waals surface area contributed by atoms with Crippen molar-refractivity contribution in [1.82, 2.24) is 20.4 Å². The van der Waals surface area contributed by atoms with Crippen LogP contribution in [0.25, 0.3) is 0 Å². The molecule has 0 radical (unpaired) electrons. The number of ether oxygens (including phenoxy) is 2. The lowest BCUT2D eigenvalue weighted by Crippen LogP contribution is -2.53. The van der Waals surface area contributed by atoms with Crippen LogP contribution in [0.1, 0.15) is 67.8 Å². The highest BCUT2D eigenvalue weighted by atomic mass is 35.5. The predicted octanol–water partition coefficient (Wildman–Crippen LogP) is 4.53. The van der Waals surface area contributed by atoms with Crippen LogP contribution < -0.4 is 10.6 Å². The average molecular weight is 655 g/mol. The van der Waals surface area contributed by atoms with Gasteiger partial charge < -0.3 is 29.9 Å². The minimum atomic E-state index is -0.984. The number of carbonyl (C=O) groups excluding carboxylic acids is 5. The van der Waals surface area contributed by atoms with Gasteiger partial charge in [-0.15, -0.1) is 0 Å². The van der Waals surface area contributed by atoms with Crippen molar-refractivity contribution in [2.75, 3.05) is 32.8 Å². The van der Waals surface area contributed by atoms with Gasteiger partial charge in [-0.25, -0.2) is 4.79 Å². The minimum Gasteiger partial charge on any atom is -0.466 e. The zero-order valence-electron chi connectivity index (χ0n) is 26.3. The van der Waals surface area contributed by atoms with E-state index in [0.29, 0.717) is 55.4 Å². The molecule has 2 fully saturated rings. The molecule has 11 nitrogen and oxygen atoms in total. The van der Waals surface area contributed by atoms with Gasteiger partial charge >= 0.3 is 12.1 Å². The third-order valence-corrected chi connectivity index (χ3v) is 8.65. The summed E-state index contributed by atoms with van der Waals surface area (Å²) in [5.41, 5.74) is 1.27. The van der Waals surface area contributed by atoms with Crippen LogP contribution in [0.4, 0.5) is 4.79 Å². The van der Waals surface area contributed by atoms with Gasteiger partial charge in [0.1, 0.15) is 12.8 Å². The standard InChI is InChI=1S/C34H43ClN4O7/c1-2-45-31(41)21-29(36-32(42)26-11-13-28(35)14-12-26)37-33(43)27-9-6-18-39(22-27)30(40)15-10-24-16-19-38(20-17-24)34(44)46-23-25-7-4-3-5-8-25/h3-5,7-8,11-14,24,27,29H,2,6,9-10,15-23H2,1H3,(H,36,42)(H,37,43)/t27-,29-/m1/s1. The molecule has 0 spiro atoms. The van der Waals surface area contributed by atoms with E-state index in [1.807, 2.05) is 30.3 Å². The largest absolute Gasteiger partial charge is 0.466 e. The van der Waals surface area contributed by atoms with Gasteiger partial charge in [-0.1, -0.05) is 41.9 Å². The Balaban J connectivity index is 1.21. The maximum Gasteiger partial charge on any atom is 0.410 e. The second-order valence-corrected chi connectivity index (χ2v) is 12.2. The summed E-state index contributed by atoms with van der Waals surface area (Å²) in [6.07, 6.45) is 2.44. The molecule has 0 bridgehead atoms. The Morgan fingerprint density at radius 2 is 1.61 bits per heavy atom. The fourth-order valence-corrected chi connectivity index (χ4v) is 5.90. The molecule has 0 aromatic heterocycles. The summed E-state index contributed by atoms with van der Waals surface area (Å²) in [7, 11) is 0. The molecule has 2 heterocycles. The number of carbonyl (C=O) groups is 5. The normalized spacial score (nSPS) is 17.5. The summed E-state index contributed by atoms with van der Waals surface area (Å²) in [5.74, 6) is -1.50. The van der Waals surface area contributed by atoms with Crippen LogP contribution in [0.5, 0.6) is 0 Å². The first-order valence-electron chi connectivity index (χ1n) is 16.0. The fourth-order valence-electron chi connectivity index (χ4n) is 5.78. The second-order valence-electron chi connectivity index (χ2n) is 11.7. The number of hydrogen-bond donors (Lipinski definition) is 2. The third kappa shape index (κ3) is 10.8. The molecular weight excluding hydrogens is 612 g/mol. The lowest BCUT2D eigenvalue weighted by Gasteiger charge is -2.34. The number of hydrogen-bond acceptors (Lipinski definition) is 7. The molecule has 2 atom stereocenters. The Morgan fingerprint density at radius 3 is 2.30 bits per heavy atom. The summed E-state index contributed by atoms with van der Waals surface area (Å²) in [4.78, 5) is 67.4. The van der Waals surface area contributed by atoms with Gasteiger partial charge in [0.2, 0.25) is 11.8 Å². The molecule has 2 aliphatic rings. The number of amides is 4. The summed E-state index contributed by atoms with van der Waals surface area (Å²) >= 11 is 5.92. The zero-order valence-corrected chi connectivity index (χ0v) is 27.0. The molecule has 0 unspecified atom stereocenters. The molecule has 12 heteroatoms. The first kappa shape index (κ1) is 34.7. The van der Waals surface area contributed by atoms with Crippen LogP contribution in [0.15, 0.2) is 54.6 Å². The van der Waals surface area contributed by atoms with Crippen molar-refractivity contribution in [2.24, 2.45) is 11.8 Å². The number of benzene rings is 2. The van der Waals surface area contributed by atoms with Crippen molar-refractivity contribution in [1.29, 1.82) is 0 Å². The van der Waals surface area contributed by atoms with Crippen molar-refractivity contribution < 1.29 is 33.4 Å². The Bertz CT molecular complexity index is 1330. The number of esters is 1. The molecule has 46 heavy (non-hydrogen) atoms. The maximum absolute atomic E-state index is 13.3. The number of halogens is 1. The third-order valence-electron chi connectivity index (χ3n) is 8.39. The van der Waals surface area contributed by atoms with Crippen LogP contribution in [-0.2, 0) is 30.5 Å². The molecule has 4 rings (SSSR count). The van der Waals surface area contributed by atoms with Gasteiger partial charge in [0.25, 0.3) is 5.91 Å². The number of piperidine rings is 2. The monoisotopic (exact) mass is 654 g/mol. The van der Waals surface area contributed by atoms with E-state index < -0.39 is 24.0 Å². The van der Waals surface area contributed by atoms with Gasteiger partial charge in [-0.3, -0.25) is 19.2 Å². The van der Waals surface area contributed by atoms with Crippen LogP contribution >= 0.6 is 11.6 Å². The van der Waals surface area contributed by atoms with E-state index in [4.69, 9.17) is 21.1 Å². The number of nitrogens with zero attached hydrogens (tertiary/aromatic N) is 2. The lowest BCUT2D eigenvalue weighted by molar-refractivity contribution is -0.144. The highest BCUT2D eigenvalue weighted by Crippen LogP contribution is 2.24. The molecular formula is C34H43ClN4O7. The Hall–Kier alpha value is -4.12. The van der Waals surface area contributed by atoms with Crippen molar-refractivity contribution >= 4 is 41.4 Å². The molecule has 4 amide bonds. The molecule has 2 aromatic rings. The first-order valence-corrected chi connectivity index (χ1v) is 16.4. The van der Waals surface area contributed by atoms with Gasteiger partial charge in [0.15, 0.2) is 0 Å². The molecule has 2 aliphatic heterocycles. The summed E-state index contributed by atoms with van der Waals surface area (Å²) in [5, 5.41) is 5.96. The molecule has 248 valence electrons. The van der Waals surface area contributed by atoms with Crippen molar-refractivity contribution in [3.8, 4) is 0 Å². The minimum absolute atomic E-state index is 0.00122. The molecule has 2 N–H and O–H groups in total. The Kier molecular flexibility index (Phi) is 13.3. The molecule has 0 aliphatic carbocycles. The van der Waals surface area contributed by atoms with Crippen LogP contribution in [0.3, 0.4) is 0 Å². The molecule has 0 saturated carbocycles. The summed E-state index contributed by atoms with van der Waals surface area (Å²) in [6.45, 7) is 4.14. The highest BCUT2D eigenvalue weighted by molar-refractivity contribution is 6.30. The highest BCUT2D eigenvalue weighted by Gasteiger charge is 2.31. The van der Waals surface area contributed by atoms with E-state index >= 15 is 0 Å². The van der Waals surface area contributed by atoms with E-state index in [-0.39, 0.29) is 44.1 Å².